The number of rotatable bonds is 4. The maximum absolute atomic E-state index is 14.7. The van der Waals surface area contributed by atoms with Crippen LogP contribution >= 0.6 is 141 Å². The highest BCUT2D eigenvalue weighted by atomic mass is 32.2. The van der Waals surface area contributed by atoms with Crippen molar-refractivity contribution >= 4 is 164 Å². The summed E-state index contributed by atoms with van der Waals surface area (Å²) in [5.41, 5.74) is 4.85. The maximum atomic E-state index is 14.7. The number of carboxylic acid groups (broad SMARTS) is 2. The predicted molar refractivity (Wildman–Crippen MR) is 254 cm³/mol. The molecule has 0 unspecified atom stereocenters. The van der Waals surface area contributed by atoms with Gasteiger partial charge in [-0.1, -0.05) is 0 Å². The van der Waals surface area contributed by atoms with Gasteiger partial charge in [0.1, 0.15) is 0 Å². The Morgan fingerprint density at radius 3 is 0.821 bits per heavy atom. The lowest BCUT2D eigenvalue weighted by Gasteiger charge is -2.29. The molecule has 2 aromatic carbocycles. The smallest absolute Gasteiger partial charge is 0.338 e. The second kappa shape index (κ2) is 13.2. The molecular weight excluding hydrogens is 933 g/mol. The third-order valence-electron chi connectivity index (χ3n) is 9.27. The molecule has 0 spiro atoms. The van der Waals surface area contributed by atoms with Gasteiger partial charge in [-0.15, -0.1) is 141 Å². The number of carboxylic acids is 2. The number of benzene rings is 2. The quantitative estimate of drug-likeness (QED) is 0.304. The van der Waals surface area contributed by atoms with Crippen molar-refractivity contribution in [3.05, 3.63) is 47.4 Å². The molecule has 296 valence electrons. The van der Waals surface area contributed by atoms with E-state index in [1.165, 1.54) is 0 Å². The Labute approximate surface area is 379 Å². The van der Waals surface area contributed by atoms with E-state index < -0.39 is 11.9 Å². The average molecular weight is 972 g/mol. The molecule has 7 aliphatic rings. The Hall–Kier alpha value is 0.470. The van der Waals surface area contributed by atoms with Gasteiger partial charge in [0.2, 0.25) is 5.78 Å². The van der Waals surface area contributed by atoms with E-state index in [1.54, 1.807) is 141 Å². The summed E-state index contributed by atoms with van der Waals surface area (Å²) in [4.78, 5) is 52.1. The summed E-state index contributed by atoms with van der Waals surface area (Å²) in [6.07, 6.45) is 0. The molecule has 0 amide bonds. The molecule has 0 atom stereocenters. The van der Waals surface area contributed by atoms with Crippen LogP contribution in [0.4, 0.5) is 0 Å². The molecule has 0 bridgehead atoms. The lowest BCUT2D eigenvalue weighted by molar-refractivity contribution is -0.111. The lowest BCUT2D eigenvalue weighted by atomic mass is 9.88. The van der Waals surface area contributed by atoms with Crippen LogP contribution in [0.1, 0.15) is 115 Å². The molecule has 0 saturated carbocycles. The highest BCUT2D eigenvalue weighted by Crippen LogP contribution is 2.74. The minimum atomic E-state index is -0.919. The van der Waals surface area contributed by atoms with Crippen molar-refractivity contribution in [2.45, 2.75) is 147 Å². The van der Waals surface area contributed by atoms with Crippen LogP contribution in [0, 0.1) is 0 Å². The van der Waals surface area contributed by atoms with Crippen LogP contribution in [0.15, 0.2) is 64.4 Å². The van der Waals surface area contributed by atoms with Crippen LogP contribution in [-0.4, -0.2) is 52.4 Å². The van der Waals surface area contributed by atoms with Crippen molar-refractivity contribution in [3.63, 3.8) is 0 Å². The Morgan fingerprint density at radius 2 is 0.571 bits per heavy atom. The van der Waals surface area contributed by atoms with E-state index >= 15 is 0 Å². The first kappa shape index (κ1) is 41.8. The summed E-state index contributed by atoms with van der Waals surface area (Å²) in [7, 11) is 0. The minimum Gasteiger partial charge on any atom is -0.478 e. The van der Waals surface area contributed by atoms with Gasteiger partial charge in [-0.25, -0.2) is 9.59 Å². The van der Waals surface area contributed by atoms with Gasteiger partial charge in [0, 0.05) is 71.2 Å². The molecule has 17 heteroatoms. The monoisotopic (exact) mass is 970 g/mol. The first-order valence-electron chi connectivity index (χ1n) is 17.7. The second-order valence-corrected chi connectivity index (χ2v) is 37.9. The number of hydrogen-bond donors (Lipinski definition) is 2. The van der Waals surface area contributed by atoms with E-state index in [4.69, 9.17) is 0 Å². The molecule has 2 N–H and O–H groups in total. The molecule has 5 nitrogen and oxygen atoms in total. The van der Waals surface area contributed by atoms with Gasteiger partial charge in [-0.2, -0.15) is 0 Å². The molecule has 0 aromatic heterocycles. The van der Waals surface area contributed by atoms with Gasteiger partial charge in [0.25, 0.3) is 0 Å². The van der Waals surface area contributed by atoms with E-state index in [2.05, 4.69) is 83.1 Å². The van der Waals surface area contributed by atoms with E-state index in [1.807, 2.05) is 0 Å². The van der Waals surface area contributed by atoms with Gasteiger partial charge in [-0.3, -0.25) is 4.79 Å². The molecule has 2 aromatic rings. The first-order chi connectivity index (χ1) is 25.7. The zero-order valence-electron chi connectivity index (χ0n) is 32.5. The minimum absolute atomic E-state index is 0.0897. The fourth-order valence-corrected chi connectivity index (χ4v) is 25.1. The van der Waals surface area contributed by atoms with Crippen LogP contribution in [0.2, 0.25) is 0 Å². The molecule has 6 heterocycles. The van der Waals surface area contributed by atoms with Gasteiger partial charge >= 0.3 is 11.9 Å². The summed E-state index contributed by atoms with van der Waals surface area (Å²) in [5.74, 6) is -1.75. The third-order valence-corrected chi connectivity index (χ3v) is 26.3. The number of hydrogen-bond acceptors (Lipinski definition) is 15. The summed E-state index contributed by atoms with van der Waals surface area (Å²) in [5, 5.41) is 22.0. The van der Waals surface area contributed by atoms with Crippen molar-refractivity contribution in [3.8, 4) is 0 Å². The Kier molecular flexibility index (Phi) is 9.89. The standard InChI is InChI=1S/C39H38O5S12/c1-34(2)45-20-14(21-27(52-35(3,4)46-21)17(32(41)42)26(20)51-34)13(16-24-30(55-38(9,10)49-24)19(40)31-25(16)50-39(11,12)56-31)15-22-28(53-36(5,6)47-22)18(33(43)44)29-23(15)48-37(7,8)54-29/h1-12H3,(H,41,42)(H,43,44). The van der Waals surface area contributed by atoms with E-state index in [0.717, 1.165) is 81.1 Å². The fraction of sp³-hybridized carbons (Fsp3) is 0.462. The van der Waals surface area contributed by atoms with Crippen LogP contribution < -0.4 is 0 Å². The van der Waals surface area contributed by atoms with Crippen molar-refractivity contribution in [2.24, 2.45) is 0 Å². The normalized spacial score (nSPS) is 24.9. The van der Waals surface area contributed by atoms with E-state index in [9.17, 15) is 24.6 Å². The number of Topliss-reactive ketones (excluding diaryl/α,β-unsaturated/α-hetero) is 1. The molecule has 56 heavy (non-hydrogen) atoms. The van der Waals surface area contributed by atoms with E-state index in [-0.39, 0.29) is 30.3 Å². The Bertz CT molecular complexity index is 2160. The molecule has 0 saturated heterocycles. The number of fused-ring (bicyclic) bond motifs is 4. The molecule has 9 rings (SSSR count). The number of allylic oxidation sites excluding steroid dienone is 4. The predicted octanol–water partition coefficient (Wildman–Crippen LogP) is 15.1. The highest BCUT2D eigenvalue weighted by Gasteiger charge is 2.53. The molecule has 1 aliphatic carbocycles. The van der Waals surface area contributed by atoms with Gasteiger partial charge in [-0.05, 0) is 83.1 Å². The molecule has 0 radical (unpaired) electrons. The largest absolute Gasteiger partial charge is 0.478 e. The Morgan fingerprint density at radius 1 is 0.357 bits per heavy atom. The SMILES string of the molecule is CC1(C)SC2=C(S1)C(=C(c1c3c(c(C(=O)O)c4c1SC(C)(C)S4)SC(C)(C)S3)c1c3c(c(C(=O)O)c4c1SC(C)(C)S4)SC(C)(C)S3)C1=C(SC(C)(C)S1)C2=O. The van der Waals surface area contributed by atoms with Crippen molar-refractivity contribution in [1.82, 2.24) is 0 Å². The number of ketones is 1. The maximum Gasteiger partial charge on any atom is 0.338 e. The van der Waals surface area contributed by atoms with Crippen molar-refractivity contribution in [2.75, 3.05) is 0 Å². The number of carbonyl (C=O) groups excluding carboxylic acids is 1. The van der Waals surface area contributed by atoms with Gasteiger partial charge in [0.15, 0.2) is 0 Å². The summed E-state index contributed by atoms with van der Waals surface area (Å²) in [6, 6.07) is 0. The molecule has 6 aliphatic heterocycles. The van der Waals surface area contributed by atoms with Crippen molar-refractivity contribution in [1.29, 1.82) is 0 Å². The zero-order chi connectivity index (χ0) is 40.6. The topological polar surface area (TPSA) is 91.7 Å². The summed E-state index contributed by atoms with van der Waals surface area (Å²) >= 11 is 20.2. The molecular formula is C39H38O5S12. The first-order valence-corrected chi connectivity index (χ1v) is 27.5. The van der Waals surface area contributed by atoms with Gasteiger partial charge < -0.3 is 10.2 Å². The fourth-order valence-electron chi connectivity index (χ4n) is 7.64. The van der Waals surface area contributed by atoms with Crippen LogP contribution in [0.25, 0.3) is 5.57 Å². The van der Waals surface area contributed by atoms with Crippen molar-refractivity contribution < 1.29 is 24.6 Å². The second-order valence-electron chi connectivity index (χ2n) is 16.8. The van der Waals surface area contributed by atoms with Crippen LogP contribution in [0.5, 0.6) is 0 Å². The number of aromatic carboxylic acids is 2. The summed E-state index contributed by atoms with van der Waals surface area (Å²) in [6.45, 7) is 26.1. The van der Waals surface area contributed by atoms with E-state index in [0.29, 0.717) is 11.1 Å². The zero-order valence-corrected chi connectivity index (χ0v) is 42.3. The van der Waals surface area contributed by atoms with Gasteiger partial charge in [0.05, 0.1) is 45.4 Å². The average Bonchev–Trinajstić information content (AvgIpc) is 3.83. The number of carbonyl (C=O) groups is 3. The third kappa shape index (κ3) is 6.70. The van der Waals surface area contributed by atoms with Crippen LogP contribution in [0.3, 0.4) is 0 Å². The van der Waals surface area contributed by atoms with Crippen LogP contribution in [-0.2, 0) is 4.79 Å². The summed E-state index contributed by atoms with van der Waals surface area (Å²) < 4.78 is -1.97. The Balaban J connectivity index is 1.54. The highest BCUT2D eigenvalue weighted by molar-refractivity contribution is 8.27. The lowest BCUT2D eigenvalue weighted by Crippen LogP contribution is -2.14. The molecule has 0 fully saturated rings. The number of thioether (sulfide) groups is 12.